The minimum Gasteiger partial charge on any atom is -2.00 e. The molecule has 0 saturated heterocycles. The van der Waals surface area contributed by atoms with Gasteiger partial charge in [0.05, 0.1) is 6.61 Å². The van der Waals surface area contributed by atoms with Crippen molar-refractivity contribution in [1.82, 2.24) is 0 Å². The number of hydrogen-bond acceptors (Lipinski definition) is 6. The van der Waals surface area contributed by atoms with E-state index in [2.05, 4.69) is 0 Å². The van der Waals surface area contributed by atoms with Gasteiger partial charge in [-0.1, -0.05) is 0 Å². The Hall–Kier alpha value is 2.10. The van der Waals surface area contributed by atoms with Crippen LogP contribution in [0.3, 0.4) is 0 Å². The summed E-state index contributed by atoms with van der Waals surface area (Å²) >= 11 is 0. The zero-order chi connectivity index (χ0) is 9.72. The minimum absolute atomic E-state index is 0. The first-order chi connectivity index (χ1) is 5.54. The van der Waals surface area contributed by atoms with Gasteiger partial charge in [0.25, 0.3) is 0 Å². The second kappa shape index (κ2) is 20.4. The molecule has 0 fully saturated rings. The van der Waals surface area contributed by atoms with Crippen LogP contribution >= 0.6 is 0 Å². The molecule has 98 valence electrons. The summed E-state index contributed by atoms with van der Waals surface area (Å²) in [7, 11) is 0. The van der Waals surface area contributed by atoms with Crippen LogP contribution in [0.15, 0.2) is 0 Å². The van der Waals surface area contributed by atoms with E-state index in [-0.39, 0.29) is 106 Å². The number of hydrogen-bond donors (Lipinski definition) is 5. The maximum absolute atomic E-state index is 9.90. The molecule has 0 aromatic rings. The molecule has 0 bridgehead atoms. The van der Waals surface area contributed by atoms with Crippen molar-refractivity contribution in [1.29, 1.82) is 0 Å². The van der Waals surface area contributed by atoms with Crippen LogP contribution < -0.4 is 0 Å². The Bertz CT molecular complexity index is 149. The summed E-state index contributed by atoms with van der Waals surface area (Å²) < 4.78 is 0. The summed E-state index contributed by atoms with van der Waals surface area (Å²) in [6.07, 6.45) is -6.84. The molecule has 0 aromatic carbocycles. The van der Waals surface area contributed by atoms with E-state index < -0.39 is 31.0 Å². The molecule has 0 unspecified atom stereocenters. The smallest absolute Gasteiger partial charge is 2.00 e. The zero-order valence-corrected chi connectivity index (χ0v) is 14.7. The van der Waals surface area contributed by atoms with Crippen molar-refractivity contribution in [3.8, 4) is 0 Å². The van der Waals surface area contributed by atoms with Gasteiger partial charge in [-0.3, -0.25) is 0 Å². The molecule has 0 heterocycles. The van der Waals surface area contributed by atoms with Crippen molar-refractivity contribution < 1.29 is 130 Å². The van der Waals surface area contributed by atoms with Crippen molar-refractivity contribution in [3.63, 3.8) is 0 Å². The summed E-state index contributed by atoms with van der Waals surface area (Å²) in [5.41, 5.74) is 0. The van der Waals surface area contributed by atoms with Gasteiger partial charge in [0.15, 0.2) is 6.29 Å². The largest absolute Gasteiger partial charge is 3.00 e. The van der Waals surface area contributed by atoms with Crippen LogP contribution in [0.5, 0.6) is 0 Å². The van der Waals surface area contributed by atoms with Crippen molar-refractivity contribution >= 4 is 6.29 Å². The summed E-state index contributed by atoms with van der Waals surface area (Å²) in [4.78, 5) is 9.90. The van der Waals surface area contributed by atoms with Crippen LogP contribution in [-0.4, -0.2) is 62.8 Å². The molecule has 0 aliphatic heterocycles. The molecule has 0 aromatic heterocycles. The Morgan fingerprint density at radius 2 is 1.24 bits per heavy atom. The topological polar surface area (TPSA) is 204 Å². The first kappa shape index (κ1) is 36.5. The van der Waals surface area contributed by atoms with Gasteiger partial charge in [-0.15, -0.1) is 0 Å². The molecule has 17 heavy (non-hydrogen) atoms. The van der Waals surface area contributed by atoms with Gasteiger partial charge >= 0.3 is 83.5 Å². The molecule has 5 N–H and O–H groups in total. The van der Waals surface area contributed by atoms with E-state index in [1.807, 2.05) is 0 Å². The SMILES string of the molecule is O=C[C@H](O)[C@@H](O)[C@H](O)[C@H](O)CO.[Ce+3].[Ce+3].[O-2].[O-2].[O-2]. The van der Waals surface area contributed by atoms with Crippen LogP contribution in [0.2, 0.25) is 0 Å². The molecular weight excluding hydrogens is 496 g/mol. The van der Waals surface area contributed by atoms with E-state index in [0.717, 1.165) is 0 Å². The van der Waals surface area contributed by atoms with Crippen molar-refractivity contribution in [2.45, 2.75) is 24.4 Å². The van der Waals surface area contributed by atoms with Crippen molar-refractivity contribution in [2.75, 3.05) is 6.61 Å². The number of carbonyl (C=O) groups is 1. The van der Waals surface area contributed by atoms with Gasteiger partial charge in [0.2, 0.25) is 0 Å². The number of aliphatic hydroxyl groups excluding tert-OH is 5. The van der Waals surface area contributed by atoms with Gasteiger partial charge in [-0.25, -0.2) is 0 Å². The molecule has 11 heteroatoms. The van der Waals surface area contributed by atoms with E-state index >= 15 is 0 Å². The molecule has 0 aliphatic carbocycles. The zero-order valence-electron chi connectivity index (χ0n) is 8.46. The van der Waals surface area contributed by atoms with Crippen LogP contribution in [0.25, 0.3) is 0 Å². The molecule has 2 radical (unpaired) electrons. The third-order valence-electron chi connectivity index (χ3n) is 1.42. The summed E-state index contributed by atoms with van der Waals surface area (Å²) in [6, 6.07) is 0. The first-order valence-corrected chi connectivity index (χ1v) is 3.33. The summed E-state index contributed by atoms with van der Waals surface area (Å²) in [5, 5.41) is 43.5. The van der Waals surface area contributed by atoms with E-state index in [9.17, 15) is 4.79 Å². The molecule has 4 atom stereocenters. The second-order valence-corrected chi connectivity index (χ2v) is 2.36. The van der Waals surface area contributed by atoms with Crippen LogP contribution in [0.4, 0.5) is 0 Å². The maximum Gasteiger partial charge on any atom is 3.00 e. The summed E-state index contributed by atoms with van der Waals surface area (Å²) in [5.74, 6) is 0. The fourth-order valence-electron chi connectivity index (χ4n) is 0.618. The fourth-order valence-corrected chi connectivity index (χ4v) is 0.618. The number of aliphatic hydroxyl groups is 5. The molecule has 9 nitrogen and oxygen atoms in total. The Labute approximate surface area is 165 Å². The number of carbonyl (C=O) groups excluding carboxylic acids is 1. The maximum atomic E-state index is 9.90. The van der Waals surface area contributed by atoms with E-state index in [1.165, 1.54) is 0 Å². The molecule has 0 amide bonds. The third-order valence-corrected chi connectivity index (χ3v) is 1.42. The van der Waals surface area contributed by atoms with E-state index in [1.54, 1.807) is 0 Å². The van der Waals surface area contributed by atoms with Crippen molar-refractivity contribution in [3.05, 3.63) is 0 Å². The average molecular weight is 508 g/mol. The van der Waals surface area contributed by atoms with E-state index in [4.69, 9.17) is 25.5 Å². The third kappa shape index (κ3) is 14.3. The Balaban J connectivity index is -0.0000000605. The van der Waals surface area contributed by atoms with Crippen LogP contribution in [0, 0.1) is 83.5 Å². The van der Waals surface area contributed by atoms with E-state index in [0.29, 0.717) is 0 Å². The molecular formula is C6H12Ce2O9. The standard InChI is InChI=1S/C6H12O6.2Ce.3O/c7-1-3(9)5(11)6(12)4(10)2-8;;;;;/h1,3-6,8-12H,2H2;;;;;/q;2*+3;3*-2/t3-,4+,5+,6+;;;;;/m0...../s1. The minimum atomic E-state index is -1.79. The molecule has 0 spiro atoms. The van der Waals surface area contributed by atoms with Gasteiger partial charge in [0, 0.05) is 0 Å². The van der Waals surface area contributed by atoms with Gasteiger partial charge < -0.3 is 46.8 Å². The number of rotatable bonds is 5. The Morgan fingerprint density at radius 3 is 1.47 bits per heavy atom. The predicted octanol–water partition coefficient (Wildman–Crippen LogP) is -3.74. The monoisotopic (exact) mass is 508 g/mol. The van der Waals surface area contributed by atoms with Crippen LogP contribution in [-0.2, 0) is 21.2 Å². The Kier molecular flexibility index (Phi) is 43.8. The normalized spacial score (nSPS) is 14.9. The van der Waals surface area contributed by atoms with Gasteiger partial charge in [-0.2, -0.15) is 0 Å². The van der Waals surface area contributed by atoms with Crippen molar-refractivity contribution in [2.24, 2.45) is 0 Å². The Morgan fingerprint density at radius 1 is 0.882 bits per heavy atom. The first-order valence-electron chi connectivity index (χ1n) is 3.33. The molecule has 0 aliphatic rings. The van der Waals surface area contributed by atoms with Gasteiger partial charge in [-0.05, 0) is 0 Å². The number of aldehydes is 1. The van der Waals surface area contributed by atoms with Crippen LogP contribution in [0.1, 0.15) is 0 Å². The quantitative estimate of drug-likeness (QED) is 0.236. The fraction of sp³-hybridized carbons (Fsp3) is 0.833. The molecule has 0 saturated carbocycles. The predicted molar refractivity (Wildman–Crippen MR) is 39.2 cm³/mol. The average Bonchev–Trinajstić information content (AvgIpc) is 2.12. The molecule has 0 rings (SSSR count). The second-order valence-electron chi connectivity index (χ2n) is 2.36. The van der Waals surface area contributed by atoms with Gasteiger partial charge in [0.1, 0.15) is 24.4 Å². The summed E-state index contributed by atoms with van der Waals surface area (Å²) in [6.45, 7) is -0.760.